The molecule has 0 bridgehead atoms. The summed E-state index contributed by atoms with van der Waals surface area (Å²) >= 11 is 0. The van der Waals surface area contributed by atoms with E-state index in [0.29, 0.717) is 18.7 Å². The number of nitrogen functional groups attached to an aromatic ring is 1. The summed E-state index contributed by atoms with van der Waals surface area (Å²) in [4.78, 5) is 53.6. The SMILES string of the molecule is Nc1c(C(=O)CN2CCCC2C(=O)NCc2ccco2)c(=O)[nH]c(=O)n1C1CC1. The van der Waals surface area contributed by atoms with E-state index < -0.39 is 23.1 Å². The number of hydrogen-bond acceptors (Lipinski definition) is 7. The molecule has 1 amide bonds. The fraction of sp³-hybridized carbons (Fsp3) is 0.474. The van der Waals surface area contributed by atoms with Crippen LogP contribution in [0.2, 0.25) is 0 Å². The largest absolute Gasteiger partial charge is 0.467 e. The number of carbonyl (C=O) groups excluding carboxylic acids is 2. The predicted octanol–water partition coefficient (Wildman–Crippen LogP) is 0.0102. The van der Waals surface area contributed by atoms with Crippen LogP contribution in [0.3, 0.4) is 0 Å². The molecule has 1 aliphatic heterocycles. The maximum absolute atomic E-state index is 12.9. The lowest BCUT2D eigenvalue weighted by Gasteiger charge is -2.23. The first-order valence-corrected chi connectivity index (χ1v) is 9.67. The highest BCUT2D eigenvalue weighted by Crippen LogP contribution is 2.35. The highest BCUT2D eigenvalue weighted by atomic mass is 16.3. The monoisotopic (exact) mass is 401 g/mol. The van der Waals surface area contributed by atoms with Crippen LogP contribution in [0.4, 0.5) is 5.82 Å². The smallest absolute Gasteiger partial charge is 0.330 e. The Morgan fingerprint density at radius 3 is 2.76 bits per heavy atom. The minimum absolute atomic E-state index is 0.0715. The molecule has 4 rings (SSSR count). The lowest BCUT2D eigenvalue weighted by molar-refractivity contribution is -0.125. The third-order valence-corrected chi connectivity index (χ3v) is 5.40. The van der Waals surface area contributed by atoms with Crippen molar-refractivity contribution in [2.24, 2.45) is 0 Å². The fourth-order valence-electron chi connectivity index (χ4n) is 3.81. The molecule has 1 saturated carbocycles. The minimum atomic E-state index is -0.785. The number of hydrogen-bond donors (Lipinski definition) is 3. The highest BCUT2D eigenvalue weighted by molar-refractivity contribution is 6.01. The quantitative estimate of drug-likeness (QED) is 0.555. The first-order chi connectivity index (χ1) is 14.0. The Balaban J connectivity index is 1.47. The molecule has 2 aromatic rings. The van der Waals surface area contributed by atoms with Gasteiger partial charge in [-0.05, 0) is 44.4 Å². The summed E-state index contributed by atoms with van der Waals surface area (Å²) in [5, 5.41) is 2.81. The standard InChI is InChI=1S/C19H23N5O5/c20-16-15(18(27)22-19(28)24(16)11-5-6-11)14(25)10-23-7-1-4-13(23)17(26)21-9-12-3-2-8-29-12/h2-3,8,11,13H,1,4-7,9-10,20H2,(H,21,26)(H,22,27,28). The Hall–Kier alpha value is -3.14. The molecule has 4 N–H and O–H groups in total. The molecule has 1 unspecified atom stereocenters. The second-order valence-electron chi connectivity index (χ2n) is 7.47. The van der Waals surface area contributed by atoms with Crippen molar-refractivity contribution in [1.29, 1.82) is 0 Å². The molecule has 1 atom stereocenters. The molecule has 1 saturated heterocycles. The van der Waals surface area contributed by atoms with Crippen LogP contribution in [-0.2, 0) is 11.3 Å². The number of H-pyrrole nitrogens is 1. The van der Waals surface area contributed by atoms with E-state index in [1.165, 1.54) is 10.8 Å². The number of likely N-dealkylation sites (tertiary alicyclic amines) is 1. The van der Waals surface area contributed by atoms with Crippen molar-refractivity contribution in [3.05, 3.63) is 50.6 Å². The number of amides is 1. The van der Waals surface area contributed by atoms with Crippen molar-refractivity contribution < 1.29 is 14.0 Å². The number of ketones is 1. The van der Waals surface area contributed by atoms with Gasteiger partial charge in [-0.1, -0.05) is 0 Å². The summed E-state index contributed by atoms with van der Waals surface area (Å²) < 4.78 is 6.49. The van der Waals surface area contributed by atoms with Crippen LogP contribution in [0.25, 0.3) is 0 Å². The molecule has 1 aliphatic carbocycles. The van der Waals surface area contributed by atoms with E-state index in [1.807, 2.05) is 0 Å². The van der Waals surface area contributed by atoms with Crippen molar-refractivity contribution in [3.63, 3.8) is 0 Å². The van der Waals surface area contributed by atoms with Crippen LogP contribution in [-0.4, -0.2) is 45.3 Å². The summed E-state index contributed by atoms with van der Waals surface area (Å²) in [6.07, 6.45) is 4.48. The lowest BCUT2D eigenvalue weighted by atomic mass is 10.1. The van der Waals surface area contributed by atoms with E-state index in [9.17, 15) is 19.2 Å². The Bertz CT molecular complexity index is 1030. The molecule has 0 aromatic carbocycles. The third-order valence-electron chi connectivity index (χ3n) is 5.40. The van der Waals surface area contributed by atoms with E-state index in [0.717, 1.165) is 19.3 Å². The molecule has 10 heteroatoms. The van der Waals surface area contributed by atoms with Crippen LogP contribution in [0.5, 0.6) is 0 Å². The first kappa shape index (κ1) is 19.2. The Labute approximate surface area is 165 Å². The number of nitrogens with two attached hydrogens (primary N) is 1. The average Bonchev–Trinajstić information content (AvgIpc) is 3.16. The number of Topliss-reactive ketones (excluding diaryl/α,β-unsaturated/α-hetero) is 1. The van der Waals surface area contributed by atoms with Crippen molar-refractivity contribution in [2.45, 2.75) is 44.3 Å². The van der Waals surface area contributed by atoms with Gasteiger partial charge in [0.05, 0.1) is 25.4 Å². The number of carbonyl (C=O) groups is 2. The van der Waals surface area contributed by atoms with Gasteiger partial charge in [0.15, 0.2) is 5.78 Å². The fourth-order valence-corrected chi connectivity index (χ4v) is 3.81. The van der Waals surface area contributed by atoms with Gasteiger partial charge in [-0.15, -0.1) is 0 Å². The number of aromatic nitrogens is 2. The maximum Gasteiger partial charge on any atom is 0.330 e. The van der Waals surface area contributed by atoms with Crippen molar-refractivity contribution >= 4 is 17.5 Å². The number of anilines is 1. The van der Waals surface area contributed by atoms with Crippen molar-refractivity contribution in [1.82, 2.24) is 19.8 Å². The van der Waals surface area contributed by atoms with Gasteiger partial charge in [0.1, 0.15) is 17.1 Å². The Morgan fingerprint density at radius 2 is 2.07 bits per heavy atom. The van der Waals surface area contributed by atoms with E-state index in [4.69, 9.17) is 10.2 Å². The lowest BCUT2D eigenvalue weighted by Crippen LogP contribution is -2.46. The summed E-state index contributed by atoms with van der Waals surface area (Å²) in [5.41, 5.74) is 4.42. The van der Waals surface area contributed by atoms with E-state index in [2.05, 4.69) is 10.3 Å². The molecule has 10 nitrogen and oxygen atoms in total. The second kappa shape index (κ2) is 7.70. The van der Waals surface area contributed by atoms with Crippen molar-refractivity contribution in [3.8, 4) is 0 Å². The van der Waals surface area contributed by atoms with Gasteiger partial charge in [0, 0.05) is 6.04 Å². The van der Waals surface area contributed by atoms with Gasteiger partial charge in [-0.25, -0.2) is 4.79 Å². The summed E-state index contributed by atoms with van der Waals surface area (Å²) in [5.74, 6) is -0.148. The molecule has 2 aromatic heterocycles. The molecule has 154 valence electrons. The predicted molar refractivity (Wildman–Crippen MR) is 103 cm³/mol. The van der Waals surface area contributed by atoms with Gasteiger partial charge >= 0.3 is 5.69 Å². The highest BCUT2D eigenvalue weighted by Gasteiger charge is 2.34. The van der Waals surface area contributed by atoms with Gasteiger partial charge < -0.3 is 15.5 Å². The van der Waals surface area contributed by atoms with Crippen LogP contribution < -0.4 is 22.3 Å². The molecular formula is C19H23N5O5. The van der Waals surface area contributed by atoms with Gasteiger partial charge in [0.25, 0.3) is 5.56 Å². The summed E-state index contributed by atoms with van der Waals surface area (Å²) in [6, 6.07) is 2.96. The summed E-state index contributed by atoms with van der Waals surface area (Å²) in [7, 11) is 0. The topological polar surface area (TPSA) is 143 Å². The van der Waals surface area contributed by atoms with E-state index in [1.54, 1.807) is 17.0 Å². The van der Waals surface area contributed by atoms with E-state index in [-0.39, 0.29) is 36.4 Å². The number of nitrogens with zero attached hydrogens (tertiary/aromatic N) is 2. The molecule has 29 heavy (non-hydrogen) atoms. The van der Waals surface area contributed by atoms with Crippen LogP contribution >= 0.6 is 0 Å². The van der Waals surface area contributed by atoms with Gasteiger partial charge in [0.2, 0.25) is 5.91 Å². The Kier molecular flexibility index (Phi) is 5.10. The van der Waals surface area contributed by atoms with E-state index >= 15 is 0 Å². The normalized spacial score (nSPS) is 19.4. The number of nitrogens with one attached hydrogen (secondary N) is 2. The third kappa shape index (κ3) is 3.88. The average molecular weight is 401 g/mol. The molecule has 0 spiro atoms. The zero-order chi connectivity index (χ0) is 20.5. The Morgan fingerprint density at radius 1 is 1.28 bits per heavy atom. The maximum atomic E-state index is 12.9. The number of aromatic amines is 1. The van der Waals surface area contributed by atoms with Crippen molar-refractivity contribution in [2.75, 3.05) is 18.8 Å². The van der Waals surface area contributed by atoms with Crippen LogP contribution in [0.1, 0.15) is 47.8 Å². The number of rotatable bonds is 7. The second-order valence-corrected chi connectivity index (χ2v) is 7.47. The van der Waals surface area contributed by atoms with Crippen LogP contribution in [0, 0.1) is 0 Å². The minimum Gasteiger partial charge on any atom is -0.467 e. The number of furan rings is 1. The zero-order valence-corrected chi connectivity index (χ0v) is 15.8. The first-order valence-electron chi connectivity index (χ1n) is 9.67. The molecule has 2 aliphatic rings. The molecular weight excluding hydrogens is 378 g/mol. The van der Waals surface area contributed by atoms with Gasteiger partial charge in [-0.2, -0.15) is 0 Å². The zero-order valence-electron chi connectivity index (χ0n) is 15.8. The summed E-state index contributed by atoms with van der Waals surface area (Å²) in [6.45, 7) is 0.711. The van der Waals surface area contributed by atoms with Crippen LogP contribution in [0.15, 0.2) is 32.4 Å². The molecule has 0 radical (unpaired) electrons. The van der Waals surface area contributed by atoms with Gasteiger partial charge in [-0.3, -0.25) is 28.8 Å². The molecule has 3 heterocycles. The molecule has 2 fully saturated rings.